The van der Waals surface area contributed by atoms with E-state index in [1.165, 1.54) is 0 Å². The smallest absolute Gasteiger partial charge is 0.224 e. The molecule has 0 saturated heterocycles. The van der Waals surface area contributed by atoms with E-state index in [4.69, 9.17) is 9.47 Å². The molecular weight excluding hydrogens is 362 g/mol. The third-order valence-electron chi connectivity index (χ3n) is 4.74. The molecule has 0 bridgehead atoms. The molecule has 0 saturated carbocycles. The van der Waals surface area contributed by atoms with Gasteiger partial charge >= 0.3 is 0 Å². The predicted octanol–water partition coefficient (Wildman–Crippen LogP) is 4.48. The summed E-state index contributed by atoms with van der Waals surface area (Å²) in [6, 6.07) is 24.0. The highest BCUT2D eigenvalue weighted by Gasteiger charge is 2.06. The molecule has 29 heavy (non-hydrogen) atoms. The van der Waals surface area contributed by atoms with Crippen LogP contribution in [0.2, 0.25) is 0 Å². The van der Waals surface area contributed by atoms with Crippen LogP contribution in [0.3, 0.4) is 0 Å². The molecule has 0 unspecified atom stereocenters. The summed E-state index contributed by atoms with van der Waals surface area (Å²) >= 11 is 0. The summed E-state index contributed by atoms with van der Waals surface area (Å²) in [5.41, 5.74) is 4.32. The third-order valence-corrected chi connectivity index (χ3v) is 4.74. The van der Waals surface area contributed by atoms with E-state index in [2.05, 4.69) is 5.32 Å². The van der Waals surface area contributed by atoms with Gasteiger partial charge in [-0.2, -0.15) is 0 Å². The third kappa shape index (κ3) is 6.39. The number of carbonyl (C=O) groups excluding carboxylic acids is 1. The van der Waals surface area contributed by atoms with Crippen LogP contribution in [0.4, 0.5) is 0 Å². The number of benzene rings is 3. The first kappa shape index (κ1) is 20.5. The molecule has 0 heterocycles. The second-order valence-corrected chi connectivity index (χ2v) is 7.00. The molecule has 3 aromatic carbocycles. The maximum atomic E-state index is 12.2. The fourth-order valence-electron chi connectivity index (χ4n) is 3.06. The molecule has 0 aliphatic carbocycles. The largest absolute Gasteiger partial charge is 0.496 e. The number of methoxy groups -OCH3 is 1. The van der Waals surface area contributed by atoms with Gasteiger partial charge in [0, 0.05) is 6.54 Å². The van der Waals surface area contributed by atoms with Crippen molar-refractivity contribution >= 4 is 5.91 Å². The second kappa shape index (κ2) is 10.3. The number of rotatable bonds is 9. The molecule has 4 nitrogen and oxygen atoms in total. The van der Waals surface area contributed by atoms with Crippen LogP contribution in [-0.4, -0.2) is 19.6 Å². The topological polar surface area (TPSA) is 47.6 Å². The van der Waals surface area contributed by atoms with E-state index in [0.717, 1.165) is 40.2 Å². The Morgan fingerprint density at radius 2 is 1.62 bits per heavy atom. The first-order valence-electron chi connectivity index (χ1n) is 9.80. The van der Waals surface area contributed by atoms with Crippen LogP contribution in [0.15, 0.2) is 72.8 Å². The van der Waals surface area contributed by atoms with Gasteiger partial charge in [0.05, 0.1) is 13.5 Å². The molecular formula is C25H27NO3. The number of hydrogen-bond donors (Lipinski definition) is 1. The molecule has 1 amide bonds. The SMILES string of the molecule is COc1cc(CC(=O)NCCc2ccc(OCc3ccccc3)cc2)ccc1C. The van der Waals surface area contributed by atoms with Gasteiger partial charge in [0.1, 0.15) is 18.1 Å². The van der Waals surface area contributed by atoms with E-state index in [1.54, 1.807) is 7.11 Å². The van der Waals surface area contributed by atoms with Crippen molar-refractivity contribution in [2.45, 2.75) is 26.4 Å². The molecule has 4 heteroatoms. The first-order valence-corrected chi connectivity index (χ1v) is 9.80. The fourth-order valence-corrected chi connectivity index (χ4v) is 3.06. The zero-order valence-corrected chi connectivity index (χ0v) is 17.0. The average Bonchev–Trinajstić information content (AvgIpc) is 2.75. The molecule has 0 radical (unpaired) electrons. The van der Waals surface area contributed by atoms with Crippen LogP contribution in [0.1, 0.15) is 22.3 Å². The summed E-state index contributed by atoms with van der Waals surface area (Å²) in [5.74, 6) is 1.67. The molecule has 0 fully saturated rings. The van der Waals surface area contributed by atoms with Gasteiger partial charge in [-0.25, -0.2) is 0 Å². The van der Waals surface area contributed by atoms with Crippen molar-refractivity contribution in [3.05, 3.63) is 95.1 Å². The summed E-state index contributed by atoms with van der Waals surface area (Å²) in [6.45, 7) is 3.15. The fraction of sp³-hybridized carbons (Fsp3) is 0.240. The van der Waals surface area contributed by atoms with Crippen molar-refractivity contribution in [3.63, 3.8) is 0 Å². The molecule has 3 rings (SSSR count). The van der Waals surface area contributed by atoms with Crippen LogP contribution >= 0.6 is 0 Å². The van der Waals surface area contributed by atoms with Gasteiger partial charge < -0.3 is 14.8 Å². The summed E-state index contributed by atoms with van der Waals surface area (Å²) in [6.07, 6.45) is 1.13. The Hall–Kier alpha value is -3.27. The Bertz CT molecular complexity index is 921. The highest BCUT2D eigenvalue weighted by molar-refractivity contribution is 5.78. The van der Waals surface area contributed by atoms with E-state index >= 15 is 0 Å². The molecule has 150 valence electrons. The van der Waals surface area contributed by atoms with Gasteiger partial charge in [0.25, 0.3) is 0 Å². The summed E-state index contributed by atoms with van der Waals surface area (Å²) in [7, 11) is 1.64. The summed E-state index contributed by atoms with van der Waals surface area (Å²) < 4.78 is 11.1. The number of ether oxygens (including phenoxy) is 2. The average molecular weight is 389 g/mol. The molecule has 0 aromatic heterocycles. The highest BCUT2D eigenvalue weighted by atomic mass is 16.5. The number of carbonyl (C=O) groups is 1. The summed E-state index contributed by atoms with van der Waals surface area (Å²) in [4.78, 5) is 12.2. The van der Waals surface area contributed by atoms with Crippen LogP contribution in [0.25, 0.3) is 0 Å². The van der Waals surface area contributed by atoms with E-state index in [9.17, 15) is 4.79 Å². The van der Waals surface area contributed by atoms with Gasteiger partial charge in [-0.1, -0.05) is 54.6 Å². The Balaban J connectivity index is 1.41. The van der Waals surface area contributed by atoms with Gasteiger partial charge in [-0.15, -0.1) is 0 Å². The number of hydrogen-bond acceptors (Lipinski definition) is 3. The highest BCUT2D eigenvalue weighted by Crippen LogP contribution is 2.19. The Morgan fingerprint density at radius 3 is 2.34 bits per heavy atom. The van der Waals surface area contributed by atoms with Gasteiger partial charge in [-0.3, -0.25) is 4.79 Å². The van der Waals surface area contributed by atoms with Gasteiger partial charge in [-0.05, 0) is 53.8 Å². The van der Waals surface area contributed by atoms with E-state index in [0.29, 0.717) is 19.6 Å². The number of amides is 1. The van der Waals surface area contributed by atoms with Crippen LogP contribution in [0, 0.1) is 6.92 Å². The molecule has 0 aliphatic rings. The lowest BCUT2D eigenvalue weighted by atomic mass is 10.1. The molecule has 0 spiro atoms. The Labute approximate surface area is 172 Å². The monoisotopic (exact) mass is 389 g/mol. The van der Waals surface area contributed by atoms with Gasteiger partial charge in [0.15, 0.2) is 0 Å². The van der Waals surface area contributed by atoms with Crippen molar-refractivity contribution in [2.75, 3.05) is 13.7 Å². The van der Waals surface area contributed by atoms with Crippen molar-refractivity contribution in [3.8, 4) is 11.5 Å². The maximum Gasteiger partial charge on any atom is 0.224 e. The van der Waals surface area contributed by atoms with Crippen molar-refractivity contribution in [1.29, 1.82) is 0 Å². The van der Waals surface area contributed by atoms with E-state index < -0.39 is 0 Å². The van der Waals surface area contributed by atoms with Crippen molar-refractivity contribution in [1.82, 2.24) is 5.32 Å². The van der Waals surface area contributed by atoms with Gasteiger partial charge in [0.2, 0.25) is 5.91 Å². The zero-order valence-electron chi connectivity index (χ0n) is 17.0. The lowest BCUT2D eigenvalue weighted by molar-refractivity contribution is -0.120. The maximum absolute atomic E-state index is 12.2. The predicted molar refractivity (Wildman–Crippen MR) is 115 cm³/mol. The molecule has 3 aromatic rings. The minimum Gasteiger partial charge on any atom is -0.496 e. The second-order valence-electron chi connectivity index (χ2n) is 7.00. The first-order chi connectivity index (χ1) is 14.1. The number of aryl methyl sites for hydroxylation is 1. The van der Waals surface area contributed by atoms with E-state index in [1.807, 2.05) is 79.7 Å². The molecule has 0 aliphatic heterocycles. The minimum atomic E-state index is 0.0127. The standard InChI is InChI=1S/C25H27NO3/c1-19-8-9-22(16-24(19)28-2)17-25(27)26-15-14-20-10-12-23(13-11-20)29-18-21-6-4-3-5-7-21/h3-13,16H,14-15,17-18H2,1-2H3,(H,26,27). The number of nitrogens with one attached hydrogen (secondary N) is 1. The Morgan fingerprint density at radius 1 is 0.897 bits per heavy atom. The van der Waals surface area contributed by atoms with Crippen LogP contribution in [-0.2, 0) is 24.2 Å². The quantitative estimate of drug-likeness (QED) is 0.587. The van der Waals surface area contributed by atoms with Crippen LogP contribution in [0.5, 0.6) is 11.5 Å². The molecule has 0 atom stereocenters. The van der Waals surface area contributed by atoms with E-state index in [-0.39, 0.29) is 5.91 Å². The van der Waals surface area contributed by atoms with Crippen LogP contribution < -0.4 is 14.8 Å². The van der Waals surface area contributed by atoms with Crippen molar-refractivity contribution < 1.29 is 14.3 Å². The zero-order chi connectivity index (χ0) is 20.5. The lowest BCUT2D eigenvalue weighted by Gasteiger charge is -2.09. The lowest BCUT2D eigenvalue weighted by Crippen LogP contribution is -2.27. The summed E-state index contributed by atoms with van der Waals surface area (Å²) in [5, 5.41) is 2.98. The molecule has 1 N–H and O–H groups in total. The normalized spacial score (nSPS) is 10.4. The Kier molecular flexibility index (Phi) is 7.28. The minimum absolute atomic E-state index is 0.0127. The van der Waals surface area contributed by atoms with Crippen molar-refractivity contribution in [2.24, 2.45) is 0 Å².